The first-order chi connectivity index (χ1) is 15.5. The molecule has 4 fully saturated rings. The van der Waals surface area contributed by atoms with Gasteiger partial charge < -0.3 is 30.4 Å². The molecule has 4 unspecified atom stereocenters. The van der Waals surface area contributed by atoms with Crippen LogP contribution >= 0.6 is 0 Å². The predicted octanol–water partition coefficient (Wildman–Crippen LogP) is 2.91. The molecule has 0 aliphatic carbocycles. The van der Waals surface area contributed by atoms with Gasteiger partial charge in [0.1, 0.15) is 0 Å². The molecule has 2 aromatic carbocycles. The fraction of sp³-hybridized carbons (Fsp3) is 0.538. The van der Waals surface area contributed by atoms with Gasteiger partial charge >= 0.3 is 0 Å². The minimum atomic E-state index is -0.242. The van der Waals surface area contributed by atoms with E-state index >= 15 is 0 Å². The van der Waals surface area contributed by atoms with Crippen molar-refractivity contribution in [3.05, 3.63) is 58.1 Å². The summed E-state index contributed by atoms with van der Waals surface area (Å²) in [5.41, 5.74) is 20.6. The Balaban J connectivity index is 1.51. The number of ether oxygens (including phenoxy) is 4. The standard InChI is InChI=1S/C26H32N2O4/c1-15-6-17(3-5-24(15)27)26(9-20-13-31-20,10-21-14-32-21)23-4-2-16(7-18-11-29-18)25(28)22(23)8-19-12-30-19/h2-6,18-21H,7-14,27-28H2,1H3. The van der Waals surface area contributed by atoms with Gasteiger partial charge in [-0.05, 0) is 53.6 Å². The smallest absolute Gasteiger partial charge is 0.0851 e. The van der Waals surface area contributed by atoms with E-state index in [1.165, 1.54) is 22.3 Å². The van der Waals surface area contributed by atoms with Crippen molar-refractivity contribution in [2.45, 2.75) is 62.4 Å². The second-order valence-corrected chi connectivity index (χ2v) is 9.96. The van der Waals surface area contributed by atoms with Gasteiger partial charge in [-0.25, -0.2) is 0 Å². The lowest BCUT2D eigenvalue weighted by Gasteiger charge is -2.37. The summed E-state index contributed by atoms with van der Waals surface area (Å²) < 4.78 is 22.7. The number of anilines is 2. The van der Waals surface area contributed by atoms with Gasteiger partial charge in [0.25, 0.3) is 0 Å². The average molecular weight is 437 g/mol. The average Bonchev–Trinajstić information content (AvgIpc) is 3.61. The molecule has 4 heterocycles. The second kappa shape index (κ2) is 7.73. The molecule has 6 rings (SSSR count). The summed E-state index contributed by atoms with van der Waals surface area (Å²) in [6.45, 7) is 5.34. The van der Waals surface area contributed by atoms with E-state index in [1.54, 1.807) is 0 Å². The van der Waals surface area contributed by atoms with E-state index in [0.717, 1.165) is 69.0 Å². The Kier molecular flexibility index (Phi) is 4.95. The van der Waals surface area contributed by atoms with Gasteiger partial charge in [-0.15, -0.1) is 0 Å². The van der Waals surface area contributed by atoms with Gasteiger partial charge in [0.15, 0.2) is 0 Å². The second-order valence-electron chi connectivity index (χ2n) is 9.96. The molecule has 0 bridgehead atoms. The molecule has 0 spiro atoms. The number of hydrogen-bond acceptors (Lipinski definition) is 6. The number of benzene rings is 2. The Morgan fingerprint density at radius 3 is 1.97 bits per heavy atom. The molecule has 0 saturated carbocycles. The van der Waals surface area contributed by atoms with Crippen molar-refractivity contribution in [1.29, 1.82) is 0 Å². The monoisotopic (exact) mass is 436 g/mol. The maximum atomic E-state index is 6.86. The minimum Gasteiger partial charge on any atom is -0.399 e. The maximum Gasteiger partial charge on any atom is 0.0851 e. The van der Waals surface area contributed by atoms with Crippen molar-refractivity contribution in [1.82, 2.24) is 0 Å². The van der Waals surface area contributed by atoms with Crippen LogP contribution in [-0.2, 0) is 37.2 Å². The van der Waals surface area contributed by atoms with Crippen LogP contribution in [0.5, 0.6) is 0 Å². The Labute approximate surface area is 189 Å². The van der Waals surface area contributed by atoms with Crippen LogP contribution in [0.2, 0.25) is 0 Å². The molecule has 6 heteroatoms. The third kappa shape index (κ3) is 4.13. The van der Waals surface area contributed by atoms with Crippen LogP contribution < -0.4 is 11.5 Å². The molecule has 32 heavy (non-hydrogen) atoms. The van der Waals surface area contributed by atoms with Gasteiger partial charge in [0.05, 0.1) is 50.8 Å². The molecule has 170 valence electrons. The van der Waals surface area contributed by atoms with Crippen molar-refractivity contribution in [3.63, 3.8) is 0 Å². The molecule has 4 N–H and O–H groups in total. The van der Waals surface area contributed by atoms with Crippen molar-refractivity contribution >= 4 is 11.4 Å². The van der Waals surface area contributed by atoms with Crippen LogP contribution in [0.4, 0.5) is 11.4 Å². The lowest BCUT2D eigenvalue weighted by molar-refractivity contribution is 0.298. The number of nitrogens with two attached hydrogens (primary N) is 2. The van der Waals surface area contributed by atoms with Gasteiger partial charge in [0, 0.05) is 29.6 Å². The Bertz CT molecular complexity index is 1010. The SMILES string of the molecule is Cc1cc(C(CC2CO2)(CC2CO2)c2ccc(CC3CO3)c(N)c2CC2CO2)ccc1N. The number of rotatable bonds is 10. The molecular formula is C26H32N2O4. The molecule has 0 aromatic heterocycles. The largest absolute Gasteiger partial charge is 0.399 e. The van der Waals surface area contributed by atoms with Crippen molar-refractivity contribution in [2.75, 3.05) is 37.9 Å². The van der Waals surface area contributed by atoms with Crippen LogP contribution in [-0.4, -0.2) is 50.8 Å². The van der Waals surface area contributed by atoms with E-state index in [4.69, 9.17) is 30.4 Å². The summed E-state index contributed by atoms with van der Waals surface area (Å²) in [6.07, 6.45) is 4.62. The first-order valence-corrected chi connectivity index (χ1v) is 11.8. The fourth-order valence-corrected chi connectivity index (χ4v) is 5.22. The highest BCUT2D eigenvalue weighted by Crippen LogP contribution is 2.49. The zero-order valence-electron chi connectivity index (χ0n) is 18.6. The fourth-order valence-electron chi connectivity index (χ4n) is 5.22. The highest BCUT2D eigenvalue weighted by molar-refractivity contribution is 5.62. The lowest BCUT2D eigenvalue weighted by Crippen LogP contribution is -2.34. The van der Waals surface area contributed by atoms with E-state index in [9.17, 15) is 0 Å². The lowest BCUT2D eigenvalue weighted by atomic mass is 9.66. The topological polar surface area (TPSA) is 102 Å². The zero-order valence-corrected chi connectivity index (χ0v) is 18.6. The van der Waals surface area contributed by atoms with Crippen LogP contribution in [0.25, 0.3) is 0 Å². The molecule has 0 amide bonds. The van der Waals surface area contributed by atoms with Crippen molar-refractivity contribution < 1.29 is 18.9 Å². The summed E-state index contributed by atoms with van der Waals surface area (Å²) in [6, 6.07) is 11.0. The predicted molar refractivity (Wildman–Crippen MR) is 123 cm³/mol. The van der Waals surface area contributed by atoms with E-state index in [1.807, 2.05) is 6.07 Å². The van der Waals surface area contributed by atoms with E-state index < -0.39 is 0 Å². The molecule has 0 radical (unpaired) electrons. The summed E-state index contributed by atoms with van der Waals surface area (Å²) >= 11 is 0. The maximum absolute atomic E-state index is 6.86. The van der Waals surface area contributed by atoms with Gasteiger partial charge in [0.2, 0.25) is 0 Å². The Morgan fingerprint density at radius 2 is 1.41 bits per heavy atom. The molecule has 4 atom stereocenters. The van der Waals surface area contributed by atoms with E-state index in [2.05, 4.69) is 31.2 Å². The summed E-state index contributed by atoms with van der Waals surface area (Å²) in [4.78, 5) is 0. The molecule has 4 aliphatic heterocycles. The van der Waals surface area contributed by atoms with Gasteiger partial charge in [-0.3, -0.25) is 0 Å². The number of hydrogen-bond donors (Lipinski definition) is 2. The summed E-state index contributed by atoms with van der Waals surface area (Å²) in [7, 11) is 0. The van der Waals surface area contributed by atoms with Gasteiger partial charge in [-0.2, -0.15) is 0 Å². The third-order valence-corrected chi connectivity index (χ3v) is 7.43. The number of nitrogen functional groups attached to an aromatic ring is 2. The van der Waals surface area contributed by atoms with E-state index in [-0.39, 0.29) is 23.7 Å². The normalized spacial score (nSPS) is 29.4. The summed E-state index contributed by atoms with van der Waals surface area (Å²) in [5, 5.41) is 0. The number of aryl methyl sites for hydroxylation is 1. The minimum absolute atomic E-state index is 0.242. The van der Waals surface area contributed by atoms with E-state index in [0.29, 0.717) is 6.10 Å². The quantitative estimate of drug-likeness (QED) is 0.439. The van der Waals surface area contributed by atoms with Crippen LogP contribution in [0.1, 0.15) is 40.7 Å². The highest BCUT2D eigenvalue weighted by atomic mass is 16.6. The summed E-state index contributed by atoms with van der Waals surface area (Å²) in [5.74, 6) is 0. The molecule has 4 aliphatic rings. The van der Waals surface area contributed by atoms with Gasteiger partial charge in [-0.1, -0.05) is 24.3 Å². The first-order valence-electron chi connectivity index (χ1n) is 11.8. The molecule has 2 aromatic rings. The van der Waals surface area contributed by atoms with Crippen LogP contribution in [0.3, 0.4) is 0 Å². The molecule has 4 saturated heterocycles. The van der Waals surface area contributed by atoms with Crippen LogP contribution in [0.15, 0.2) is 30.3 Å². The highest BCUT2D eigenvalue weighted by Gasteiger charge is 2.47. The first kappa shape index (κ1) is 20.5. The zero-order chi connectivity index (χ0) is 21.9. The Hall–Kier alpha value is -2.12. The van der Waals surface area contributed by atoms with Crippen molar-refractivity contribution in [3.8, 4) is 0 Å². The third-order valence-electron chi connectivity index (χ3n) is 7.43. The Morgan fingerprint density at radius 1 is 0.812 bits per heavy atom. The molecular weight excluding hydrogens is 404 g/mol. The molecule has 6 nitrogen and oxygen atoms in total. The van der Waals surface area contributed by atoms with Crippen LogP contribution in [0, 0.1) is 6.92 Å². The number of epoxide rings is 4. The van der Waals surface area contributed by atoms with Crippen molar-refractivity contribution in [2.24, 2.45) is 0 Å².